The highest BCUT2D eigenvalue weighted by atomic mass is 19.2. The van der Waals surface area contributed by atoms with E-state index in [9.17, 15) is 26.7 Å². The maximum Gasteiger partial charge on any atom is 0.200 e. The fourth-order valence-corrected chi connectivity index (χ4v) is 1.52. The lowest BCUT2D eigenvalue weighted by Crippen LogP contribution is -2.14. The molecule has 1 aromatic heterocycles. The van der Waals surface area contributed by atoms with E-state index < -0.39 is 46.9 Å². The van der Waals surface area contributed by atoms with Crippen molar-refractivity contribution in [2.75, 3.05) is 0 Å². The number of Topliss-reactive ketones (excluding diaryl/α,β-unsaturated/α-hetero) is 1. The summed E-state index contributed by atoms with van der Waals surface area (Å²) in [6, 6.07) is 1.34. The Morgan fingerprint density at radius 3 is 1.95 bits per heavy atom. The first-order valence-corrected chi connectivity index (χ1v) is 4.99. The zero-order chi connectivity index (χ0) is 14.2. The van der Waals surface area contributed by atoms with Crippen molar-refractivity contribution in [1.29, 1.82) is 0 Å². The van der Waals surface area contributed by atoms with E-state index in [0.29, 0.717) is 0 Å². The second-order valence-electron chi connectivity index (χ2n) is 3.68. The molecule has 2 nitrogen and oxygen atoms in total. The van der Waals surface area contributed by atoms with Gasteiger partial charge in [0.25, 0.3) is 0 Å². The number of ketones is 1. The summed E-state index contributed by atoms with van der Waals surface area (Å²) in [6.45, 7) is 0. The van der Waals surface area contributed by atoms with Gasteiger partial charge in [0, 0.05) is 6.42 Å². The van der Waals surface area contributed by atoms with Crippen LogP contribution in [0.4, 0.5) is 22.0 Å². The van der Waals surface area contributed by atoms with Crippen molar-refractivity contribution in [1.82, 2.24) is 0 Å². The molecular formula is C12H5F5O2. The highest BCUT2D eigenvalue weighted by molar-refractivity contribution is 5.98. The van der Waals surface area contributed by atoms with E-state index in [1.54, 1.807) is 0 Å². The Kier molecular flexibility index (Phi) is 3.37. The number of hydrogen-bond donors (Lipinski definition) is 0. The van der Waals surface area contributed by atoms with Crippen LogP contribution in [-0.2, 0) is 6.42 Å². The molecule has 0 aliphatic rings. The van der Waals surface area contributed by atoms with E-state index in [1.165, 1.54) is 12.3 Å². The molecule has 7 heteroatoms. The molecular weight excluding hydrogens is 271 g/mol. The van der Waals surface area contributed by atoms with Crippen LogP contribution < -0.4 is 0 Å². The zero-order valence-electron chi connectivity index (χ0n) is 9.15. The molecule has 0 saturated carbocycles. The van der Waals surface area contributed by atoms with Crippen LogP contribution >= 0.6 is 0 Å². The Balaban J connectivity index is 2.48. The number of carbonyl (C=O) groups is 1. The normalized spacial score (nSPS) is 10.8. The molecule has 1 heterocycles. The summed E-state index contributed by atoms with van der Waals surface area (Å²) >= 11 is 0. The minimum absolute atomic E-state index is 0.258. The Morgan fingerprint density at radius 1 is 0.947 bits per heavy atom. The van der Waals surface area contributed by atoms with Crippen LogP contribution in [0, 0.1) is 29.1 Å². The number of carbonyl (C=O) groups excluding carboxylic acids is 1. The smallest absolute Gasteiger partial charge is 0.200 e. The lowest BCUT2D eigenvalue weighted by atomic mass is 10.0. The zero-order valence-corrected chi connectivity index (χ0v) is 9.15. The molecule has 0 spiro atoms. The van der Waals surface area contributed by atoms with E-state index >= 15 is 0 Å². The first-order chi connectivity index (χ1) is 8.93. The monoisotopic (exact) mass is 276 g/mol. The van der Waals surface area contributed by atoms with Gasteiger partial charge in [-0.1, -0.05) is 0 Å². The van der Waals surface area contributed by atoms with Gasteiger partial charge in [0.1, 0.15) is 0 Å². The number of rotatable bonds is 3. The first-order valence-electron chi connectivity index (χ1n) is 4.99. The van der Waals surface area contributed by atoms with Crippen LogP contribution in [-0.4, -0.2) is 5.78 Å². The summed E-state index contributed by atoms with van der Waals surface area (Å²) in [5.74, 6) is -12.1. The average molecular weight is 276 g/mol. The Bertz CT molecular complexity index is 605. The van der Waals surface area contributed by atoms with E-state index in [-0.39, 0.29) is 5.56 Å². The summed E-state index contributed by atoms with van der Waals surface area (Å²) in [7, 11) is 0. The Hall–Kier alpha value is -2.18. The van der Waals surface area contributed by atoms with Crippen molar-refractivity contribution in [3.05, 3.63) is 58.8 Å². The molecule has 0 amide bonds. The summed E-state index contributed by atoms with van der Waals surface area (Å²) < 4.78 is 69.9. The van der Waals surface area contributed by atoms with Crippen molar-refractivity contribution in [3.8, 4) is 0 Å². The van der Waals surface area contributed by atoms with E-state index in [0.717, 1.165) is 6.26 Å². The van der Waals surface area contributed by atoms with Crippen molar-refractivity contribution < 1.29 is 31.2 Å². The third kappa shape index (κ3) is 2.23. The third-order valence-corrected chi connectivity index (χ3v) is 2.43. The maximum absolute atomic E-state index is 13.3. The van der Waals surface area contributed by atoms with E-state index in [4.69, 9.17) is 0 Å². The topological polar surface area (TPSA) is 30.2 Å². The second-order valence-corrected chi connectivity index (χ2v) is 3.68. The number of benzene rings is 1. The number of halogens is 5. The fraction of sp³-hybridized carbons (Fsp3) is 0.0833. The quantitative estimate of drug-likeness (QED) is 0.372. The van der Waals surface area contributed by atoms with Crippen LogP contribution in [0.2, 0.25) is 0 Å². The van der Waals surface area contributed by atoms with Gasteiger partial charge in [0.2, 0.25) is 5.82 Å². The molecule has 0 saturated heterocycles. The van der Waals surface area contributed by atoms with Gasteiger partial charge in [0.15, 0.2) is 29.1 Å². The molecule has 2 aromatic rings. The molecule has 2 rings (SSSR count). The van der Waals surface area contributed by atoms with Crippen LogP contribution in [0.3, 0.4) is 0 Å². The van der Waals surface area contributed by atoms with Gasteiger partial charge in [-0.3, -0.25) is 4.79 Å². The van der Waals surface area contributed by atoms with Crippen molar-refractivity contribution >= 4 is 5.78 Å². The highest BCUT2D eigenvalue weighted by Crippen LogP contribution is 2.24. The molecule has 0 atom stereocenters. The first kappa shape index (κ1) is 13.3. The molecule has 19 heavy (non-hydrogen) atoms. The number of furan rings is 1. The SMILES string of the molecule is O=C(Cc1ccoc1)c1c(F)c(F)c(F)c(F)c1F. The predicted octanol–water partition coefficient (Wildman–Crippen LogP) is 3.40. The molecule has 0 aliphatic carbocycles. The van der Waals surface area contributed by atoms with Gasteiger partial charge in [-0.2, -0.15) is 0 Å². The summed E-state index contributed by atoms with van der Waals surface area (Å²) in [5, 5.41) is 0. The van der Waals surface area contributed by atoms with Gasteiger partial charge in [-0.05, 0) is 11.6 Å². The average Bonchev–Trinajstić information content (AvgIpc) is 2.87. The Morgan fingerprint density at radius 2 is 1.47 bits per heavy atom. The van der Waals surface area contributed by atoms with Gasteiger partial charge < -0.3 is 4.42 Å². The van der Waals surface area contributed by atoms with E-state index in [1.807, 2.05) is 0 Å². The second kappa shape index (κ2) is 4.83. The molecule has 0 N–H and O–H groups in total. The van der Waals surface area contributed by atoms with Gasteiger partial charge in [-0.25, -0.2) is 22.0 Å². The minimum Gasteiger partial charge on any atom is -0.472 e. The molecule has 100 valence electrons. The van der Waals surface area contributed by atoms with E-state index in [2.05, 4.69) is 4.42 Å². The lowest BCUT2D eigenvalue weighted by Gasteiger charge is -2.06. The summed E-state index contributed by atoms with van der Waals surface area (Å²) in [5.41, 5.74) is -1.19. The van der Waals surface area contributed by atoms with Gasteiger partial charge >= 0.3 is 0 Å². The minimum atomic E-state index is -2.30. The van der Waals surface area contributed by atoms with Crippen molar-refractivity contribution in [2.45, 2.75) is 6.42 Å². The largest absolute Gasteiger partial charge is 0.472 e. The molecule has 0 aliphatic heterocycles. The fourth-order valence-electron chi connectivity index (χ4n) is 1.52. The van der Waals surface area contributed by atoms with Crippen LogP contribution in [0.15, 0.2) is 23.0 Å². The van der Waals surface area contributed by atoms with Crippen LogP contribution in [0.5, 0.6) is 0 Å². The van der Waals surface area contributed by atoms with Gasteiger partial charge in [0.05, 0.1) is 18.1 Å². The highest BCUT2D eigenvalue weighted by Gasteiger charge is 2.29. The standard InChI is InChI=1S/C12H5F5O2/c13-8-7(6(18)3-5-1-2-19-4-5)9(14)11(16)12(17)10(8)15/h1-2,4H,3H2. The molecule has 0 radical (unpaired) electrons. The van der Waals surface area contributed by atoms with Crippen molar-refractivity contribution in [2.24, 2.45) is 0 Å². The molecule has 0 fully saturated rings. The van der Waals surface area contributed by atoms with Crippen LogP contribution in [0.25, 0.3) is 0 Å². The molecule has 1 aromatic carbocycles. The van der Waals surface area contributed by atoms with Crippen molar-refractivity contribution in [3.63, 3.8) is 0 Å². The molecule has 0 bridgehead atoms. The summed E-state index contributed by atoms with van der Waals surface area (Å²) in [6.07, 6.45) is 1.81. The maximum atomic E-state index is 13.3. The molecule has 0 unspecified atom stereocenters. The summed E-state index contributed by atoms with van der Waals surface area (Å²) in [4.78, 5) is 11.6. The Labute approximate surface area is 103 Å². The number of hydrogen-bond acceptors (Lipinski definition) is 2. The lowest BCUT2D eigenvalue weighted by molar-refractivity contribution is 0.0981. The van der Waals surface area contributed by atoms with Gasteiger partial charge in [-0.15, -0.1) is 0 Å². The predicted molar refractivity (Wildman–Crippen MR) is 53.0 cm³/mol. The third-order valence-electron chi connectivity index (χ3n) is 2.43. The van der Waals surface area contributed by atoms with Crippen LogP contribution in [0.1, 0.15) is 15.9 Å².